The van der Waals surface area contributed by atoms with Gasteiger partial charge < -0.3 is 18.9 Å². The second-order valence-electron chi connectivity index (χ2n) is 4.75. The number of amides is 1. The van der Waals surface area contributed by atoms with E-state index in [0.717, 1.165) is 11.3 Å². The third-order valence-electron chi connectivity index (χ3n) is 3.20. The van der Waals surface area contributed by atoms with Gasteiger partial charge in [-0.2, -0.15) is 0 Å². The number of hydrogen-bond donors (Lipinski definition) is 1. The molecule has 23 heavy (non-hydrogen) atoms. The van der Waals surface area contributed by atoms with E-state index >= 15 is 0 Å². The van der Waals surface area contributed by atoms with E-state index in [1.54, 1.807) is 25.5 Å². The van der Waals surface area contributed by atoms with Gasteiger partial charge in [0.1, 0.15) is 11.5 Å². The first-order valence-corrected chi connectivity index (χ1v) is 7.01. The summed E-state index contributed by atoms with van der Waals surface area (Å²) in [6, 6.07) is 11.0. The van der Waals surface area contributed by atoms with E-state index in [0.29, 0.717) is 18.1 Å². The number of rotatable bonds is 6. The molecular weight excluding hydrogens is 298 g/mol. The summed E-state index contributed by atoms with van der Waals surface area (Å²) >= 11 is 0. The molecule has 7 nitrogen and oxygen atoms in total. The summed E-state index contributed by atoms with van der Waals surface area (Å²) in [5.74, 6) is 1.20. The minimum absolute atomic E-state index is 0.0820. The molecule has 0 bridgehead atoms. The van der Waals surface area contributed by atoms with E-state index in [1.807, 2.05) is 24.3 Å². The molecule has 2 heterocycles. The Hall–Kier alpha value is -3.09. The first-order chi connectivity index (χ1) is 11.3. The van der Waals surface area contributed by atoms with Crippen molar-refractivity contribution in [3.05, 3.63) is 65.8 Å². The molecule has 0 radical (unpaired) electrons. The van der Waals surface area contributed by atoms with E-state index in [4.69, 9.17) is 13.6 Å². The molecule has 118 valence electrons. The SMILES string of the molecule is COc1ccccc1Cc1nnc(C(=O)NCc2ccco2)o1. The molecule has 1 aromatic carbocycles. The molecule has 1 amide bonds. The fourth-order valence-corrected chi connectivity index (χ4v) is 2.08. The van der Waals surface area contributed by atoms with Crippen LogP contribution in [0.15, 0.2) is 51.5 Å². The Kier molecular flexibility index (Phi) is 4.37. The second kappa shape index (κ2) is 6.78. The molecule has 0 fully saturated rings. The van der Waals surface area contributed by atoms with Crippen LogP contribution in [0.4, 0.5) is 0 Å². The van der Waals surface area contributed by atoms with E-state index in [1.165, 1.54) is 0 Å². The third kappa shape index (κ3) is 3.57. The number of benzene rings is 1. The lowest BCUT2D eigenvalue weighted by atomic mass is 10.1. The van der Waals surface area contributed by atoms with Gasteiger partial charge in [-0.3, -0.25) is 4.79 Å². The fraction of sp³-hybridized carbons (Fsp3) is 0.188. The van der Waals surface area contributed by atoms with Crippen LogP contribution in [0, 0.1) is 0 Å². The van der Waals surface area contributed by atoms with E-state index in [2.05, 4.69) is 15.5 Å². The topological polar surface area (TPSA) is 90.4 Å². The molecule has 0 aliphatic rings. The van der Waals surface area contributed by atoms with Gasteiger partial charge >= 0.3 is 11.8 Å². The predicted molar refractivity (Wildman–Crippen MR) is 80.0 cm³/mol. The number of hydrogen-bond acceptors (Lipinski definition) is 6. The maximum atomic E-state index is 12.0. The Morgan fingerprint density at radius 1 is 1.22 bits per heavy atom. The quantitative estimate of drug-likeness (QED) is 0.750. The summed E-state index contributed by atoms with van der Waals surface area (Å²) in [5, 5.41) is 10.3. The van der Waals surface area contributed by atoms with Crippen LogP contribution in [-0.4, -0.2) is 23.2 Å². The summed E-state index contributed by atoms with van der Waals surface area (Å²) < 4.78 is 15.8. The number of carbonyl (C=O) groups excluding carboxylic acids is 1. The van der Waals surface area contributed by atoms with Crippen molar-refractivity contribution in [3.8, 4) is 5.75 Å². The van der Waals surface area contributed by atoms with Crippen LogP contribution in [0.25, 0.3) is 0 Å². The molecule has 0 aliphatic carbocycles. The number of aromatic nitrogens is 2. The van der Waals surface area contributed by atoms with Crippen molar-refractivity contribution in [2.24, 2.45) is 0 Å². The zero-order valence-electron chi connectivity index (χ0n) is 12.5. The minimum Gasteiger partial charge on any atom is -0.496 e. The van der Waals surface area contributed by atoms with Crippen molar-refractivity contribution < 1.29 is 18.4 Å². The first kappa shape index (κ1) is 14.8. The largest absolute Gasteiger partial charge is 0.496 e. The molecule has 2 aromatic heterocycles. The summed E-state index contributed by atoms with van der Waals surface area (Å²) in [7, 11) is 1.60. The first-order valence-electron chi connectivity index (χ1n) is 7.01. The monoisotopic (exact) mass is 313 g/mol. The average Bonchev–Trinajstić information content (AvgIpc) is 3.25. The highest BCUT2D eigenvalue weighted by molar-refractivity contribution is 5.89. The smallest absolute Gasteiger partial charge is 0.309 e. The summed E-state index contributed by atoms with van der Waals surface area (Å²) in [4.78, 5) is 12.0. The molecule has 1 N–H and O–H groups in total. The highest BCUT2D eigenvalue weighted by atomic mass is 16.5. The highest BCUT2D eigenvalue weighted by Gasteiger charge is 2.16. The summed E-state index contributed by atoms with van der Waals surface area (Å²) in [6.07, 6.45) is 1.93. The molecule has 0 unspecified atom stereocenters. The number of methoxy groups -OCH3 is 1. The van der Waals surface area contributed by atoms with Gasteiger partial charge in [0.2, 0.25) is 5.89 Å². The second-order valence-corrected chi connectivity index (χ2v) is 4.75. The lowest BCUT2D eigenvalue weighted by Gasteiger charge is -2.05. The number of nitrogens with one attached hydrogen (secondary N) is 1. The van der Waals surface area contributed by atoms with Crippen LogP contribution in [0.5, 0.6) is 5.75 Å². The summed E-state index contributed by atoms with van der Waals surface area (Å²) in [5.41, 5.74) is 0.904. The average molecular weight is 313 g/mol. The number of ether oxygens (including phenoxy) is 1. The standard InChI is InChI=1S/C16H15N3O4/c1-21-13-7-3-2-5-11(13)9-14-18-19-16(23-14)15(20)17-10-12-6-4-8-22-12/h2-8H,9-10H2,1H3,(H,17,20). The lowest BCUT2D eigenvalue weighted by molar-refractivity contribution is 0.0911. The van der Waals surface area contributed by atoms with Crippen molar-refractivity contribution in [3.63, 3.8) is 0 Å². The van der Waals surface area contributed by atoms with Crippen LogP contribution in [0.1, 0.15) is 27.9 Å². The van der Waals surface area contributed by atoms with Crippen LogP contribution < -0.4 is 10.1 Å². The van der Waals surface area contributed by atoms with Crippen LogP contribution in [0.3, 0.4) is 0 Å². The van der Waals surface area contributed by atoms with Gasteiger partial charge in [-0.05, 0) is 18.2 Å². The molecule has 0 aliphatic heterocycles. The Labute approximate surface area is 132 Å². The minimum atomic E-state index is -0.444. The highest BCUT2D eigenvalue weighted by Crippen LogP contribution is 2.20. The van der Waals surface area contributed by atoms with Gasteiger partial charge in [-0.25, -0.2) is 0 Å². The van der Waals surface area contributed by atoms with Gasteiger partial charge in [0.05, 0.1) is 26.3 Å². The zero-order valence-corrected chi connectivity index (χ0v) is 12.5. The van der Waals surface area contributed by atoms with Crippen molar-refractivity contribution in [1.29, 1.82) is 0 Å². The number of carbonyl (C=O) groups is 1. The molecule has 0 spiro atoms. The van der Waals surface area contributed by atoms with E-state index in [9.17, 15) is 4.79 Å². The van der Waals surface area contributed by atoms with Gasteiger partial charge in [0.25, 0.3) is 0 Å². The summed E-state index contributed by atoms with van der Waals surface area (Å²) in [6.45, 7) is 0.260. The van der Waals surface area contributed by atoms with Gasteiger partial charge in [0.15, 0.2) is 0 Å². The lowest BCUT2D eigenvalue weighted by Crippen LogP contribution is -2.22. The number of furan rings is 1. The Balaban J connectivity index is 1.64. The van der Waals surface area contributed by atoms with Crippen molar-refractivity contribution in [2.75, 3.05) is 7.11 Å². The number of para-hydroxylation sites is 1. The molecule has 0 saturated carbocycles. The van der Waals surface area contributed by atoms with Gasteiger partial charge in [-0.15, -0.1) is 10.2 Å². The normalized spacial score (nSPS) is 10.5. The maximum Gasteiger partial charge on any atom is 0.309 e. The molecular formula is C16H15N3O4. The van der Waals surface area contributed by atoms with Crippen molar-refractivity contribution in [1.82, 2.24) is 15.5 Å². The van der Waals surface area contributed by atoms with Crippen LogP contribution >= 0.6 is 0 Å². The number of nitrogens with zero attached hydrogens (tertiary/aromatic N) is 2. The van der Waals surface area contributed by atoms with Crippen LogP contribution in [0.2, 0.25) is 0 Å². The fourth-order valence-electron chi connectivity index (χ4n) is 2.08. The molecule has 0 atom stereocenters. The van der Waals surface area contributed by atoms with Crippen molar-refractivity contribution in [2.45, 2.75) is 13.0 Å². The van der Waals surface area contributed by atoms with Gasteiger partial charge in [-0.1, -0.05) is 18.2 Å². The molecule has 0 saturated heterocycles. The Bertz CT molecular complexity index is 780. The van der Waals surface area contributed by atoms with Gasteiger partial charge in [0, 0.05) is 5.56 Å². The maximum absolute atomic E-state index is 12.0. The van der Waals surface area contributed by atoms with Crippen molar-refractivity contribution >= 4 is 5.91 Å². The molecule has 3 rings (SSSR count). The third-order valence-corrected chi connectivity index (χ3v) is 3.20. The molecule has 7 heteroatoms. The van der Waals surface area contributed by atoms with Crippen LogP contribution in [-0.2, 0) is 13.0 Å². The predicted octanol–water partition coefficient (Wildman–Crippen LogP) is 2.19. The van der Waals surface area contributed by atoms with E-state index < -0.39 is 5.91 Å². The Morgan fingerprint density at radius 2 is 2.09 bits per heavy atom. The van der Waals surface area contributed by atoms with E-state index in [-0.39, 0.29) is 12.4 Å². The Morgan fingerprint density at radius 3 is 2.87 bits per heavy atom. The molecule has 3 aromatic rings. The zero-order chi connectivity index (χ0) is 16.1.